The molecule has 0 fully saturated rings. The molecule has 0 aromatic heterocycles. The molecule has 0 heterocycles. The Hall–Kier alpha value is -1.60. The van der Waals surface area contributed by atoms with E-state index in [1.54, 1.807) is 0 Å². The van der Waals surface area contributed by atoms with Gasteiger partial charge < -0.3 is 5.11 Å². The van der Waals surface area contributed by atoms with Crippen molar-refractivity contribution >= 4 is 10.0 Å². The average Bonchev–Trinajstić information content (AvgIpc) is 2.75. The van der Waals surface area contributed by atoms with Crippen LogP contribution in [0.4, 0.5) is 92.2 Å². The molecule has 0 aromatic carbocycles. The Labute approximate surface area is 212 Å². The van der Waals surface area contributed by atoms with Crippen LogP contribution in [-0.2, 0) is 10.0 Å². The van der Waals surface area contributed by atoms with Crippen molar-refractivity contribution < 1.29 is 106 Å². The highest BCUT2D eigenvalue weighted by Crippen LogP contribution is 2.66. The molecule has 0 aliphatic rings. The number of aliphatic hydroxyl groups is 1. The third-order valence-electron chi connectivity index (χ3n) is 4.95. The third kappa shape index (κ3) is 5.36. The number of hydrogen-bond acceptors (Lipinski definition) is 3. The summed E-state index contributed by atoms with van der Waals surface area (Å²) < 4.78 is 302. The fourth-order valence-electron chi connectivity index (χ4n) is 2.44. The van der Waals surface area contributed by atoms with Crippen molar-refractivity contribution in [1.82, 2.24) is 4.72 Å². The van der Waals surface area contributed by atoms with Gasteiger partial charge in [0, 0.05) is 6.54 Å². The number of alkyl halides is 21. The molecule has 1 unspecified atom stereocenters. The Morgan fingerprint density at radius 2 is 0.805 bits per heavy atom. The Bertz CT molecular complexity index is 1040. The highest BCUT2D eigenvalue weighted by Gasteiger charge is 2.98. The van der Waals surface area contributed by atoms with Crippen LogP contribution in [0.15, 0.2) is 0 Å². The smallest absolute Gasteiger partial charge is 0.392 e. The fourth-order valence-corrected chi connectivity index (χ4v) is 3.50. The lowest BCUT2D eigenvalue weighted by Gasteiger charge is -2.44. The van der Waals surface area contributed by atoms with Gasteiger partial charge in [0.25, 0.3) is 10.0 Å². The molecule has 0 saturated carbocycles. The quantitative estimate of drug-likeness (QED) is 0.211. The van der Waals surface area contributed by atoms with E-state index in [2.05, 4.69) is 0 Å². The molecule has 0 spiro atoms. The lowest BCUT2D eigenvalue weighted by Crippen LogP contribution is -2.77. The molecule has 26 heteroatoms. The van der Waals surface area contributed by atoms with Crippen LogP contribution in [0.5, 0.6) is 0 Å². The van der Waals surface area contributed by atoms with Crippen molar-refractivity contribution in [2.75, 3.05) is 6.54 Å². The minimum Gasteiger partial charge on any atom is -0.392 e. The number of hydrogen-bond donors (Lipinski definition) is 2. The molecule has 0 radical (unpaired) electrons. The maximum Gasteiger partial charge on any atom is 0.460 e. The van der Waals surface area contributed by atoms with Crippen molar-refractivity contribution in [1.29, 1.82) is 0 Å². The highest BCUT2D eigenvalue weighted by atomic mass is 32.2. The summed E-state index contributed by atoms with van der Waals surface area (Å²) in [6.45, 7) is -0.602. The van der Waals surface area contributed by atoms with Gasteiger partial charge in [0.05, 0.1) is 6.10 Å². The first-order valence-corrected chi connectivity index (χ1v) is 11.1. The zero-order valence-corrected chi connectivity index (χ0v) is 19.6. The Kier molecular flexibility index (Phi) is 10.1. The van der Waals surface area contributed by atoms with Gasteiger partial charge in [-0.1, -0.05) is 13.3 Å². The molecule has 41 heavy (non-hydrogen) atoms. The fraction of sp³-hybridized carbons (Fsp3) is 1.00. The molecule has 0 aliphatic carbocycles. The molecule has 1 atom stereocenters. The topological polar surface area (TPSA) is 66.4 Å². The lowest BCUT2D eigenvalue weighted by atomic mass is 9.87. The number of halogens is 21. The Morgan fingerprint density at radius 1 is 0.537 bits per heavy atom. The first kappa shape index (κ1) is 39.4. The van der Waals surface area contributed by atoms with Gasteiger partial charge in [-0.3, -0.25) is 0 Å². The second kappa shape index (κ2) is 10.5. The van der Waals surface area contributed by atoms with E-state index in [0.29, 0.717) is 0 Å². The molecule has 0 aliphatic heterocycles. The van der Waals surface area contributed by atoms with E-state index in [0.717, 1.165) is 0 Å². The monoisotopic (exact) mass is 685 g/mol. The molecule has 0 saturated heterocycles. The summed E-state index contributed by atoms with van der Waals surface area (Å²) in [5, 5.41) is 1.30. The van der Waals surface area contributed by atoms with Gasteiger partial charge in [0.1, 0.15) is 0 Å². The van der Waals surface area contributed by atoms with Crippen LogP contribution in [0, 0.1) is 0 Å². The second-order valence-electron chi connectivity index (χ2n) is 7.90. The molecule has 0 amide bonds. The van der Waals surface area contributed by atoms with E-state index in [4.69, 9.17) is 5.11 Å². The summed E-state index contributed by atoms with van der Waals surface area (Å²) >= 11 is 0. The van der Waals surface area contributed by atoms with Crippen molar-refractivity contribution in [3.05, 3.63) is 0 Å². The predicted molar refractivity (Wildman–Crippen MR) is 88.4 cm³/mol. The molecule has 248 valence electrons. The van der Waals surface area contributed by atoms with Crippen molar-refractivity contribution in [3.63, 3.8) is 0 Å². The molecular weight excluding hydrogens is 673 g/mol. The first-order chi connectivity index (χ1) is 17.5. The number of aliphatic hydroxyl groups excluding tert-OH is 1. The van der Waals surface area contributed by atoms with Crippen LogP contribution >= 0.6 is 0 Å². The molecule has 4 nitrogen and oxygen atoms in total. The Morgan fingerprint density at radius 3 is 1.07 bits per heavy atom. The maximum atomic E-state index is 13.8. The summed E-state index contributed by atoms with van der Waals surface area (Å²) in [5.41, 5.74) is 0. The molecule has 0 rings (SSSR count). The number of rotatable bonds is 14. The van der Waals surface area contributed by atoms with E-state index >= 15 is 0 Å². The zero-order valence-electron chi connectivity index (χ0n) is 18.8. The SMILES string of the molecule is CCCC(O)CNS(=O)(=O)C(F)(F)C(F)(F)C(F)(F)C(F)(F)C(F)(F)C(F)(F)C(F)(F)C(F)(F)C(F)(F)C(F)(F)F. The normalized spacial score (nSPS) is 17.1. The van der Waals surface area contributed by atoms with Crippen LogP contribution < -0.4 is 4.72 Å². The van der Waals surface area contributed by atoms with Crippen molar-refractivity contribution in [2.24, 2.45) is 0 Å². The third-order valence-corrected chi connectivity index (χ3v) is 6.43. The van der Waals surface area contributed by atoms with Gasteiger partial charge in [-0.2, -0.15) is 92.2 Å². The van der Waals surface area contributed by atoms with E-state index < -0.39 is 87.9 Å². The molecule has 0 bridgehead atoms. The van der Waals surface area contributed by atoms with Gasteiger partial charge in [0.2, 0.25) is 0 Å². The minimum absolute atomic E-state index is 0.123. The largest absolute Gasteiger partial charge is 0.460 e. The molecule has 2 N–H and O–H groups in total. The Balaban J connectivity index is 7.04. The van der Waals surface area contributed by atoms with E-state index in [9.17, 15) is 101 Å². The van der Waals surface area contributed by atoms with Crippen LogP contribution in [0.3, 0.4) is 0 Å². The molecular formula is C15H12F21NO3S. The maximum absolute atomic E-state index is 13.8. The van der Waals surface area contributed by atoms with Gasteiger partial charge in [-0.05, 0) is 6.42 Å². The predicted octanol–water partition coefficient (Wildman–Crippen LogP) is 6.30. The average molecular weight is 685 g/mol. The second-order valence-corrected chi connectivity index (χ2v) is 9.71. The lowest BCUT2D eigenvalue weighted by molar-refractivity contribution is -0.472. The van der Waals surface area contributed by atoms with Gasteiger partial charge in [-0.15, -0.1) is 0 Å². The number of nitrogens with one attached hydrogen (secondary N) is 1. The standard InChI is InChI=1S/C15H12F21NO3S/c1-2-3-5(38)4-37-41(39,40)15(35,36)13(30,31)11(26,27)9(22,23)7(18,19)6(16,17)8(20,21)10(24,25)12(28,29)14(32,33)34/h5,37-38H,2-4H2,1H3. The summed E-state index contributed by atoms with van der Waals surface area (Å²) in [7, 11) is -7.57. The summed E-state index contributed by atoms with van der Waals surface area (Å²) in [4.78, 5) is 0. The first-order valence-electron chi connectivity index (χ1n) is 9.60. The summed E-state index contributed by atoms with van der Waals surface area (Å²) in [6, 6.07) is 0. The zero-order chi connectivity index (χ0) is 33.9. The van der Waals surface area contributed by atoms with E-state index in [-0.39, 0.29) is 11.1 Å². The van der Waals surface area contributed by atoms with Crippen molar-refractivity contribution in [2.45, 2.75) is 84.7 Å². The number of sulfonamides is 1. The van der Waals surface area contributed by atoms with Crippen LogP contribution in [0.25, 0.3) is 0 Å². The van der Waals surface area contributed by atoms with Gasteiger partial charge >= 0.3 is 58.8 Å². The van der Waals surface area contributed by atoms with E-state index in [1.807, 2.05) is 0 Å². The van der Waals surface area contributed by atoms with Crippen LogP contribution in [0.1, 0.15) is 19.8 Å². The summed E-state index contributed by atoms with van der Waals surface area (Å²) in [5.74, 6) is -72.4. The minimum atomic E-state index is -9.37. The van der Waals surface area contributed by atoms with Gasteiger partial charge in [-0.25, -0.2) is 13.1 Å². The van der Waals surface area contributed by atoms with Gasteiger partial charge in [0.15, 0.2) is 0 Å². The van der Waals surface area contributed by atoms with E-state index in [1.165, 1.54) is 6.92 Å². The van der Waals surface area contributed by atoms with Crippen LogP contribution in [0.2, 0.25) is 0 Å². The van der Waals surface area contributed by atoms with Crippen molar-refractivity contribution in [3.8, 4) is 0 Å². The highest BCUT2D eigenvalue weighted by molar-refractivity contribution is 7.90. The summed E-state index contributed by atoms with van der Waals surface area (Å²) in [6.07, 6.45) is -10.9. The van der Waals surface area contributed by atoms with Crippen LogP contribution in [-0.4, -0.2) is 85.0 Å². The molecule has 0 aromatic rings.